The van der Waals surface area contributed by atoms with Crippen molar-refractivity contribution in [2.45, 2.75) is 12.5 Å². The van der Waals surface area contributed by atoms with E-state index >= 15 is 0 Å². The molecule has 0 aromatic heterocycles. The van der Waals surface area contributed by atoms with Crippen LogP contribution in [0.5, 0.6) is 0 Å². The van der Waals surface area contributed by atoms with Crippen molar-refractivity contribution in [3.63, 3.8) is 0 Å². The minimum atomic E-state index is 0.146. The minimum Gasteiger partial charge on any atom is -0.334 e. The summed E-state index contributed by atoms with van der Waals surface area (Å²) in [6, 6.07) is 114. The van der Waals surface area contributed by atoms with Crippen LogP contribution in [0.25, 0.3) is 83.5 Å². The molecule has 380 valence electrons. The SMILES string of the molecule is C1=CC(N(c2ccc(-c3ccc(-c4ccc(N(c5ccc(-c6ccccc6)cc5)c5ccc(-c6cccc(-c7ccccc7)c6)cc5)cc4)cc3)cc2)c2ccc(-c3cccc(-c4ccccc4)c3)cc2)CC=C1c1ccccc1. The average molecular weight is 1020 g/mol. The zero-order valence-corrected chi connectivity index (χ0v) is 44.4. The van der Waals surface area contributed by atoms with Crippen molar-refractivity contribution in [3.05, 3.63) is 339 Å². The molecule has 0 aliphatic heterocycles. The summed E-state index contributed by atoms with van der Waals surface area (Å²) in [5.41, 5.74) is 24.8. The van der Waals surface area contributed by atoms with Crippen LogP contribution in [0.2, 0.25) is 0 Å². The summed E-state index contributed by atoms with van der Waals surface area (Å²) in [6.45, 7) is 0. The second kappa shape index (κ2) is 22.7. The summed E-state index contributed by atoms with van der Waals surface area (Å²) in [5.74, 6) is 0. The first-order chi connectivity index (χ1) is 39.6. The molecule has 0 heterocycles. The highest BCUT2D eigenvalue weighted by Crippen LogP contribution is 2.40. The first-order valence-corrected chi connectivity index (χ1v) is 27.7. The van der Waals surface area contributed by atoms with Crippen molar-refractivity contribution in [3.8, 4) is 77.9 Å². The van der Waals surface area contributed by atoms with Crippen LogP contribution < -0.4 is 9.80 Å². The fraction of sp³-hybridized carbons (Fsp3) is 0.0256. The first kappa shape index (κ1) is 49.3. The highest BCUT2D eigenvalue weighted by molar-refractivity contribution is 5.84. The van der Waals surface area contributed by atoms with Gasteiger partial charge in [-0.25, -0.2) is 0 Å². The second-order valence-electron chi connectivity index (χ2n) is 20.5. The molecule has 2 heteroatoms. The van der Waals surface area contributed by atoms with Gasteiger partial charge in [-0.2, -0.15) is 0 Å². The molecule has 13 rings (SSSR count). The Morgan fingerprint density at radius 1 is 0.225 bits per heavy atom. The van der Waals surface area contributed by atoms with Gasteiger partial charge >= 0.3 is 0 Å². The van der Waals surface area contributed by atoms with E-state index in [4.69, 9.17) is 0 Å². The molecule has 0 N–H and O–H groups in total. The van der Waals surface area contributed by atoms with E-state index in [2.05, 4.69) is 343 Å². The zero-order valence-electron chi connectivity index (χ0n) is 44.4. The smallest absolute Gasteiger partial charge is 0.0560 e. The van der Waals surface area contributed by atoms with Gasteiger partial charge in [0.2, 0.25) is 0 Å². The summed E-state index contributed by atoms with van der Waals surface area (Å²) < 4.78 is 0. The molecule has 1 unspecified atom stereocenters. The Morgan fingerprint density at radius 3 is 0.787 bits per heavy atom. The highest BCUT2D eigenvalue weighted by Gasteiger charge is 2.22. The van der Waals surface area contributed by atoms with Gasteiger partial charge in [-0.3, -0.25) is 0 Å². The fourth-order valence-electron chi connectivity index (χ4n) is 11.2. The summed E-state index contributed by atoms with van der Waals surface area (Å²) in [4.78, 5) is 4.83. The van der Waals surface area contributed by atoms with Gasteiger partial charge in [0.05, 0.1) is 6.04 Å². The van der Waals surface area contributed by atoms with Crippen molar-refractivity contribution in [1.82, 2.24) is 0 Å². The van der Waals surface area contributed by atoms with Gasteiger partial charge in [0.15, 0.2) is 0 Å². The Kier molecular flexibility index (Phi) is 14.0. The average Bonchev–Trinajstić information content (AvgIpc) is 3.58. The molecule has 0 fully saturated rings. The van der Waals surface area contributed by atoms with Crippen molar-refractivity contribution in [2.24, 2.45) is 0 Å². The number of nitrogens with zero attached hydrogens (tertiary/aromatic N) is 2. The van der Waals surface area contributed by atoms with Crippen LogP contribution in [-0.2, 0) is 0 Å². The molecule has 1 aliphatic carbocycles. The molecule has 0 spiro atoms. The molecule has 12 aromatic carbocycles. The van der Waals surface area contributed by atoms with Gasteiger partial charge in [0.25, 0.3) is 0 Å². The Morgan fingerprint density at radius 2 is 0.475 bits per heavy atom. The molecular formula is C78H58N2. The third-order valence-electron chi connectivity index (χ3n) is 15.4. The zero-order chi connectivity index (χ0) is 53.5. The lowest BCUT2D eigenvalue weighted by atomic mass is 9.95. The molecule has 2 nitrogen and oxygen atoms in total. The van der Waals surface area contributed by atoms with Crippen LogP contribution in [-0.4, -0.2) is 6.04 Å². The van der Waals surface area contributed by atoms with Gasteiger partial charge in [0, 0.05) is 28.4 Å². The Hall–Kier alpha value is -10.3. The van der Waals surface area contributed by atoms with E-state index in [-0.39, 0.29) is 6.04 Å². The van der Waals surface area contributed by atoms with Crippen molar-refractivity contribution in [2.75, 3.05) is 9.80 Å². The van der Waals surface area contributed by atoms with E-state index in [9.17, 15) is 0 Å². The van der Waals surface area contributed by atoms with Crippen molar-refractivity contribution >= 4 is 34.0 Å². The quantitative estimate of drug-likeness (QED) is 0.107. The van der Waals surface area contributed by atoms with Crippen LogP contribution in [0.1, 0.15) is 12.0 Å². The largest absolute Gasteiger partial charge is 0.334 e. The molecule has 1 aliphatic rings. The highest BCUT2D eigenvalue weighted by atomic mass is 15.2. The summed E-state index contributed by atoms with van der Waals surface area (Å²) in [5, 5.41) is 0. The predicted octanol–water partition coefficient (Wildman–Crippen LogP) is 21.4. The molecule has 1 atom stereocenters. The second-order valence-corrected chi connectivity index (χ2v) is 20.5. The Balaban J connectivity index is 0.755. The third-order valence-corrected chi connectivity index (χ3v) is 15.4. The van der Waals surface area contributed by atoms with Crippen LogP contribution in [0, 0.1) is 0 Å². The summed E-state index contributed by atoms with van der Waals surface area (Å²) >= 11 is 0. The summed E-state index contributed by atoms with van der Waals surface area (Å²) in [6.07, 6.45) is 7.93. The molecule has 12 aromatic rings. The van der Waals surface area contributed by atoms with E-state index in [0.29, 0.717) is 0 Å². The maximum absolute atomic E-state index is 2.48. The lowest BCUT2D eigenvalue weighted by Gasteiger charge is -2.33. The third kappa shape index (κ3) is 10.7. The van der Waals surface area contributed by atoms with Gasteiger partial charge < -0.3 is 9.80 Å². The van der Waals surface area contributed by atoms with Gasteiger partial charge in [0.1, 0.15) is 0 Å². The molecule has 0 amide bonds. The van der Waals surface area contributed by atoms with E-state index in [1.807, 2.05) is 0 Å². The van der Waals surface area contributed by atoms with E-state index in [0.717, 1.165) is 34.9 Å². The van der Waals surface area contributed by atoms with Crippen LogP contribution in [0.15, 0.2) is 334 Å². The van der Waals surface area contributed by atoms with E-state index < -0.39 is 0 Å². The molecule has 0 saturated heterocycles. The Labute approximate surface area is 470 Å². The maximum Gasteiger partial charge on any atom is 0.0560 e. The van der Waals surface area contributed by atoms with Gasteiger partial charge in [-0.05, 0) is 168 Å². The van der Waals surface area contributed by atoms with Crippen LogP contribution >= 0.6 is 0 Å². The van der Waals surface area contributed by atoms with Gasteiger partial charge in [-0.1, -0.05) is 261 Å². The van der Waals surface area contributed by atoms with E-state index in [1.165, 1.54) is 89.0 Å². The number of hydrogen-bond donors (Lipinski definition) is 0. The number of hydrogen-bond acceptors (Lipinski definition) is 2. The molecule has 0 saturated carbocycles. The molecular weight excluding hydrogens is 965 g/mol. The normalized spacial score (nSPS) is 12.8. The van der Waals surface area contributed by atoms with Gasteiger partial charge in [-0.15, -0.1) is 0 Å². The minimum absolute atomic E-state index is 0.146. The lowest BCUT2D eigenvalue weighted by molar-refractivity contribution is 0.787. The first-order valence-electron chi connectivity index (χ1n) is 27.7. The number of allylic oxidation sites excluding steroid dienone is 2. The molecule has 80 heavy (non-hydrogen) atoms. The number of anilines is 5. The predicted molar refractivity (Wildman–Crippen MR) is 340 cm³/mol. The number of benzene rings is 12. The van der Waals surface area contributed by atoms with Crippen molar-refractivity contribution in [1.29, 1.82) is 0 Å². The standard InChI is InChI=1S/C78H58N2/c1-5-15-57(16-6-1)63-31-43-73(44-32-63)79(77-51-39-67(40-52-77)71-25-13-23-69(55-71)59-19-9-3-10-20-59)75-47-35-65(36-48-75)61-27-29-62(30-28-61)66-37-49-76(50-38-66)80(74-45-33-64(34-46-74)58-17-7-2-8-18-58)78-53-41-68(42-54-78)72-26-14-24-70(56-72)60-21-11-4-12-22-60/h1-45,47-56,74H,46H2. The molecule has 0 bridgehead atoms. The van der Waals surface area contributed by atoms with Crippen LogP contribution in [0.3, 0.4) is 0 Å². The molecule has 0 radical (unpaired) electrons. The van der Waals surface area contributed by atoms with Crippen LogP contribution in [0.4, 0.5) is 28.4 Å². The maximum atomic E-state index is 2.48. The Bertz CT molecular complexity index is 4060. The monoisotopic (exact) mass is 1020 g/mol. The number of rotatable bonds is 14. The van der Waals surface area contributed by atoms with E-state index in [1.54, 1.807) is 0 Å². The fourth-order valence-corrected chi connectivity index (χ4v) is 11.2. The van der Waals surface area contributed by atoms with Crippen molar-refractivity contribution < 1.29 is 0 Å². The summed E-state index contributed by atoms with van der Waals surface area (Å²) in [7, 11) is 0. The topological polar surface area (TPSA) is 6.48 Å². The lowest BCUT2D eigenvalue weighted by Crippen LogP contribution is -2.30.